The molecule has 0 fully saturated rings. The van der Waals surface area contributed by atoms with Gasteiger partial charge in [0.05, 0.1) is 18.6 Å². The van der Waals surface area contributed by atoms with Gasteiger partial charge in [0.25, 0.3) is 5.56 Å². The van der Waals surface area contributed by atoms with Crippen molar-refractivity contribution >= 4 is 23.4 Å². The Balaban J connectivity index is 1.97. The fourth-order valence-electron chi connectivity index (χ4n) is 1.85. The van der Waals surface area contributed by atoms with Crippen LogP contribution in [0.2, 0.25) is 0 Å². The third kappa shape index (κ3) is 5.14. The Labute approximate surface area is 138 Å². The van der Waals surface area contributed by atoms with Gasteiger partial charge in [0.1, 0.15) is 5.75 Å². The van der Waals surface area contributed by atoms with Crippen molar-refractivity contribution in [1.29, 1.82) is 0 Å². The maximum absolute atomic E-state index is 12.0. The van der Waals surface area contributed by atoms with Crippen molar-refractivity contribution in [2.45, 2.75) is 24.9 Å². The zero-order valence-electron chi connectivity index (χ0n) is 13.3. The summed E-state index contributed by atoms with van der Waals surface area (Å²) in [6.45, 7) is 3.93. The van der Waals surface area contributed by atoms with Gasteiger partial charge in [-0.05, 0) is 18.1 Å². The van der Waals surface area contributed by atoms with Crippen molar-refractivity contribution in [2.75, 3.05) is 18.2 Å². The van der Waals surface area contributed by atoms with Crippen molar-refractivity contribution in [3.63, 3.8) is 0 Å². The normalized spacial score (nSPS) is 10.6. The summed E-state index contributed by atoms with van der Waals surface area (Å²) in [5, 5.41) is 3.23. The molecule has 1 aromatic carbocycles. The maximum Gasteiger partial charge on any atom is 0.251 e. The smallest absolute Gasteiger partial charge is 0.251 e. The van der Waals surface area contributed by atoms with Crippen LogP contribution in [0.4, 0.5) is 5.69 Å². The molecule has 1 heterocycles. The summed E-state index contributed by atoms with van der Waals surface area (Å²) in [5.74, 6) is 0.802. The number of carbonyl (C=O) groups is 1. The number of nitrogens with zero attached hydrogens (tertiary/aromatic N) is 1. The van der Waals surface area contributed by atoms with Crippen LogP contribution in [0.25, 0.3) is 0 Å². The summed E-state index contributed by atoms with van der Waals surface area (Å²) in [6.07, 6.45) is 0. The lowest BCUT2D eigenvalue weighted by atomic mass is 10.1. The number of amides is 1. The molecule has 0 bridgehead atoms. The Morgan fingerprint density at radius 1 is 1.39 bits per heavy atom. The van der Waals surface area contributed by atoms with Gasteiger partial charge in [-0.2, -0.15) is 0 Å². The predicted octanol–water partition coefficient (Wildman–Crippen LogP) is 2.63. The average Bonchev–Trinajstić information content (AvgIpc) is 2.52. The Morgan fingerprint density at radius 3 is 2.87 bits per heavy atom. The zero-order chi connectivity index (χ0) is 16.8. The lowest BCUT2D eigenvalue weighted by Gasteiger charge is -2.08. The van der Waals surface area contributed by atoms with Crippen molar-refractivity contribution in [1.82, 2.24) is 9.97 Å². The van der Waals surface area contributed by atoms with Gasteiger partial charge in [0.15, 0.2) is 5.16 Å². The fourth-order valence-corrected chi connectivity index (χ4v) is 2.53. The molecule has 0 aliphatic carbocycles. The number of methoxy groups -OCH3 is 1. The van der Waals surface area contributed by atoms with E-state index in [4.69, 9.17) is 4.74 Å². The molecule has 2 N–H and O–H groups in total. The van der Waals surface area contributed by atoms with Crippen LogP contribution in [0.15, 0.2) is 40.3 Å². The first-order valence-corrected chi connectivity index (χ1v) is 8.14. The van der Waals surface area contributed by atoms with Gasteiger partial charge in [-0.25, -0.2) is 4.98 Å². The van der Waals surface area contributed by atoms with Crippen LogP contribution in [0, 0.1) is 0 Å². The van der Waals surface area contributed by atoms with Crippen LogP contribution >= 0.6 is 11.8 Å². The Morgan fingerprint density at radius 2 is 2.17 bits per heavy atom. The lowest BCUT2D eigenvalue weighted by Crippen LogP contribution is -2.16. The Hall–Kier alpha value is -2.28. The van der Waals surface area contributed by atoms with E-state index in [0.29, 0.717) is 22.3 Å². The second-order valence-corrected chi connectivity index (χ2v) is 6.16. The van der Waals surface area contributed by atoms with Crippen LogP contribution < -0.4 is 15.6 Å². The van der Waals surface area contributed by atoms with Gasteiger partial charge in [-0.1, -0.05) is 31.7 Å². The number of nitrogens with one attached hydrogen (secondary N) is 2. The fraction of sp³-hybridized carbons (Fsp3) is 0.312. The van der Waals surface area contributed by atoms with E-state index in [1.165, 1.54) is 17.8 Å². The third-order valence-electron chi connectivity index (χ3n) is 3.02. The highest BCUT2D eigenvalue weighted by Crippen LogP contribution is 2.18. The van der Waals surface area contributed by atoms with Crippen LogP contribution in [-0.2, 0) is 4.79 Å². The number of rotatable bonds is 6. The van der Waals surface area contributed by atoms with Crippen LogP contribution in [-0.4, -0.2) is 28.7 Å². The molecule has 0 aliphatic rings. The van der Waals surface area contributed by atoms with E-state index in [9.17, 15) is 9.59 Å². The molecule has 7 heteroatoms. The third-order valence-corrected chi connectivity index (χ3v) is 3.90. The molecule has 1 aromatic heterocycles. The van der Waals surface area contributed by atoms with Crippen molar-refractivity contribution < 1.29 is 9.53 Å². The van der Waals surface area contributed by atoms with Gasteiger partial charge in [-0.3, -0.25) is 9.59 Å². The highest BCUT2D eigenvalue weighted by Gasteiger charge is 2.09. The number of hydrogen-bond acceptors (Lipinski definition) is 5. The number of thioether (sulfide) groups is 1. The summed E-state index contributed by atoms with van der Waals surface area (Å²) < 4.78 is 5.11. The van der Waals surface area contributed by atoms with Crippen LogP contribution in [0.5, 0.6) is 5.75 Å². The maximum atomic E-state index is 12.0. The molecule has 0 saturated heterocycles. The molecular formula is C16H19N3O3S. The molecule has 2 aromatic rings. The number of aromatic amines is 1. The topological polar surface area (TPSA) is 84.1 Å². The van der Waals surface area contributed by atoms with E-state index >= 15 is 0 Å². The molecule has 0 radical (unpaired) electrons. The molecule has 0 spiro atoms. The zero-order valence-corrected chi connectivity index (χ0v) is 14.1. The first-order chi connectivity index (χ1) is 11.0. The van der Waals surface area contributed by atoms with E-state index in [1.54, 1.807) is 31.4 Å². The average molecular weight is 333 g/mol. The van der Waals surface area contributed by atoms with Gasteiger partial charge < -0.3 is 15.0 Å². The first-order valence-electron chi connectivity index (χ1n) is 7.16. The number of aromatic nitrogens is 2. The Bertz CT molecular complexity index is 743. The highest BCUT2D eigenvalue weighted by molar-refractivity contribution is 7.99. The Kier molecular flexibility index (Phi) is 5.81. The highest BCUT2D eigenvalue weighted by atomic mass is 32.2. The summed E-state index contributed by atoms with van der Waals surface area (Å²) in [4.78, 5) is 30.6. The molecule has 2 rings (SSSR count). The summed E-state index contributed by atoms with van der Waals surface area (Å²) in [6, 6.07) is 8.60. The van der Waals surface area contributed by atoms with Crippen molar-refractivity contribution in [3.8, 4) is 5.75 Å². The molecular weight excluding hydrogens is 314 g/mol. The molecule has 6 nitrogen and oxygen atoms in total. The van der Waals surface area contributed by atoms with Crippen LogP contribution in [0.1, 0.15) is 25.5 Å². The number of ether oxygens (including phenoxy) is 1. The van der Waals surface area contributed by atoms with Gasteiger partial charge in [0.2, 0.25) is 5.91 Å². The van der Waals surface area contributed by atoms with Gasteiger partial charge >= 0.3 is 0 Å². The SMILES string of the molecule is COc1cccc(NC(=O)CSc2nc(C(C)C)cc(=O)[nH]2)c1. The molecule has 122 valence electrons. The summed E-state index contributed by atoms with van der Waals surface area (Å²) >= 11 is 1.19. The number of hydrogen-bond donors (Lipinski definition) is 2. The summed E-state index contributed by atoms with van der Waals surface area (Å²) in [7, 11) is 1.57. The minimum absolute atomic E-state index is 0.154. The quantitative estimate of drug-likeness (QED) is 0.627. The summed E-state index contributed by atoms with van der Waals surface area (Å²) in [5.41, 5.74) is 1.16. The first kappa shape index (κ1) is 17.1. The molecule has 23 heavy (non-hydrogen) atoms. The molecule has 0 saturated carbocycles. The van der Waals surface area contributed by atoms with Gasteiger partial charge in [-0.15, -0.1) is 0 Å². The molecule has 1 amide bonds. The number of carbonyl (C=O) groups excluding carboxylic acids is 1. The second-order valence-electron chi connectivity index (χ2n) is 5.20. The number of anilines is 1. The van der Waals surface area contributed by atoms with E-state index < -0.39 is 0 Å². The van der Waals surface area contributed by atoms with Crippen molar-refractivity contribution in [2.24, 2.45) is 0 Å². The largest absolute Gasteiger partial charge is 0.497 e. The standard InChI is InChI=1S/C16H19N3O3S/c1-10(2)13-8-14(20)19-16(18-13)23-9-15(21)17-11-5-4-6-12(7-11)22-3/h4-8,10H,9H2,1-3H3,(H,17,21)(H,18,19,20). The number of benzene rings is 1. The minimum Gasteiger partial charge on any atom is -0.497 e. The van der Waals surface area contributed by atoms with Crippen molar-refractivity contribution in [3.05, 3.63) is 46.4 Å². The minimum atomic E-state index is -0.209. The molecule has 0 unspecified atom stereocenters. The molecule has 0 atom stereocenters. The van der Waals surface area contributed by atoms with E-state index in [-0.39, 0.29) is 23.1 Å². The lowest BCUT2D eigenvalue weighted by molar-refractivity contribution is -0.113. The van der Waals surface area contributed by atoms with Gasteiger partial charge in [0, 0.05) is 17.8 Å². The van der Waals surface area contributed by atoms with E-state index in [2.05, 4.69) is 15.3 Å². The monoisotopic (exact) mass is 333 g/mol. The van der Waals surface area contributed by atoms with E-state index in [1.807, 2.05) is 13.8 Å². The predicted molar refractivity (Wildman–Crippen MR) is 91.3 cm³/mol. The second kappa shape index (κ2) is 7.82. The molecule has 0 aliphatic heterocycles. The van der Waals surface area contributed by atoms with E-state index in [0.717, 1.165) is 0 Å². The number of H-pyrrole nitrogens is 1. The van der Waals surface area contributed by atoms with Crippen LogP contribution in [0.3, 0.4) is 0 Å².